The standard InChI is InChI=1S/C11H18N2OS2/c1-16(14)6-2-5-12-7-10-8-15-11(13-10)9-3-4-9/h8-9,12H,2-7H2,1H3. The molecule has 0 saturated heterocycles. The molecule has 1 aliphatic rings. The Morgan fingerprint density at radius 3 is 3.12 bits per heavy atom. The Bertz CT molecular complexity index is 361. The zero-order chi connectivity index (χ0) is 11.4. The van der Waals surface area contributed by atoms with Crippen molar-refractivity contribution >= 4 is 22.1 Å². The van der Waals surface area contributed by atoms with E-state index in [1.165, 1.54) is 17.8 Å². The summed E-state index contributed by atoms with van der Waals surface area (Å²) in [7, 11) is -0.661. The lowest BCUT2D eigenvalue weighted by molar-refractivity contribution is 0.656. The number of aromatic nitrogens is 1. The molecule has 0 radical (unpaired) electrons. The molecule has 1 aliphatic carbocycles. The number of hydrogen-bond donors (Lipinski definition) is 1. The third kappa shape index (κ3) is 3.96. The van der Waals surface area contributed by atoms with E-state index in [1.807, 2.05) is 0 Å². The van der Waals surface area contributed by atoms with Crippen molar-refractivity contribution in [2.24, 2.45) is 0 Å². The van der Waals surface area contributed by atoms with Crippen molar-refractivity contribution in [2.45, 2.75) is 31.7 Å². The Labute approximate surface area is 103 Å². The highest BCUT2D eigenvalue weighted by Crippen LogP contribution is 2.41. The van der Waals surface area contributed by atoms with Gasteiger partial charge >= 0.3 is 0 Å². The second kappa shape index (κ2) is 5.89. The molecule has 0 bridgehead atoms. The molecule has 3 nitrogen and oxygen atoms in total. The highest BCUT2D eigenvalue weighted by Gasteiger charge is 2.26. The van der Waals surface area contributed by atoms with Crippen molar-refractivity contribution in [3.8, 4) is 0 Å². The third-order valence-corrected chi connectivity index (χ3v) is 4.51. The lowest BCUT2D eigenvalue weighted by Gasteiger charge is -2.00. The molecule has 1 aromatic heterocycles. The first-order valence-electron chi connectivity index (χ1n) is 5.71. The molecule has 1 saturated carbocycles. The topological polar surface area (TPSA) is 42.0 Å². The molecule has 1 fully saturated rings. The summed E-state index contributed by atoms with van der Waals surface area (Å²) in [6, 6.07) is 0. The fourth-order valence-corrected chi connectivity index (χ4v) is 3.08. The maximum Gasteiger partial charge on any atom is 0.0959 e. The minimum atomic E-state index is -0.661. The van der Waals surface area contributed by atoms with E-state index < -0.39 is 10.8 Å². The summed E-state index contributed by atoms with van der Waals surface area (Å²) in [5.74, 6) is 1.55. The van der Waals surface area contributed by atoms with Crippen LogP contribution in [0.3, 0.4) is 0 Å². The van der Waals surface area contributed by atoms with Gasteiger partial charge in [-0.25, -0.2) is 4.98 Å². The number of nitrogens with zero attached hydrogens (tertiary/aromatic N) is 1. The van der Waals surface area contributed by atoms with Crippen LogP contribution in [0, 0.1) is 0 Å². The molecule has 1 unspecified atom stereocenters. The molecule has 0 aliphatic heterocycles. The van der Waals surface area contributed by atoms with E-state index in [4.69, 9.17) is 0 Å². The van der Waals surface area contributed by atoms with Crippen LogP contribution in [0.1, 0.15) is 35.9 Å². The first kappa shape index (κ1) is 12.2. The molecule has 0 spiro atoms. The molecule has 90 valence electrons. The number of nitrogens with one attached hydrogen (secondary N) is 1. The summed E-state index contributed by atoms with van der Waals surface area (Å²) in [6.45, 7) is 1.77. The zero-order valence-electron chi connectivity index (χ0n) is 9.57. The van der Waals surface area contributed by atoms with Crippen molar-refractivity contribution in [3.63, 3.8) is 0 Å². The summed E-state index contributed by atoms with van der Waals surface area (Å²) in [6.07, 6.45) is 5.37. The van der Waals surface area contributed by atoms with Gasteiger partial charge in [0.25, 0.3) is 0 Å². The Balaban J connectivity index is 1.63. The maximum atomic E-state index is 10.8. The lowest BCUT2D eigenvalue weighted by atomic mass is 10.4. The van der Waals surface area contributed by atoms with Gasteiger partial charge in [0.05, 0.1) is 10.7 Å². The van der Waals surface area contributed by atoms with Crippen LogP contribution in [0.4, 0.5) is 0 Å². The van der Waals surface area contributed by atoms with Crippen LogP contribution in [0.5, 0.6) is 0 Å². The predicted octanol–water partition coefficient (Wildman–Crippen LogP) is 1.88. The van der Waals surface area contributed by atoms with Crippen LogP contribution in [0.2, 0.25) is 0 Å². The first-order chi connectivity index (χ1) is 7.75. The van der Waals surface area contributed by atoms with Gasteiger partial charge in [-0.05, 0) is 25.8 Å². The molecule has 2 rings (SSSR count). The van der Waals surface area contributed by atoms with Crippen LogP contribution in [-0.2, 0) is 17.3 Å². The molecular formula is C11H18N2OS2. The van der Waals surface area contributed by atoms with Gasteiger partial charge in [-0.3, -0.25) is 4.21 Å². The molecule has 1 heterocycles. The lowest BCUT2D eigenvalue weighted by Crippen LogP contribution is -2.16. The predicted molar refractivity (Wildman–Crippen MR) is 69.3 cm³/mol. The minimum absolute atomic E-state index is 0.661. The van der Waals surface area contributed by atoms with Gasteiger partial charge < -0.3 is 5.32 Å². The molecule has 1 aromatic rings. The van der Waals surface area contributed by atoms with E-state index in [1.54, 1.807) is 17.6 Å². The summed E-state index contributed by atoms with van der Waals surface area (Å²) < 4.78 is 10.8. The van der Waals surface area contributed by atoms with Crippen molar-refractivity contribution in [3.05, 3.63) is 16.1 Å². The second-order valence-electron chi connectivity index (χ2n) is 4.26. The normalized spacial score (nSPS) is 17.6. The maximum absolute atomic E-state index is 10.8. The van der Waals surface area contributed by atoms with Gasteiger partial charge in [-0.1, -0.05) is 0 Å². The van der Waals surface area contributed by atoms with Crippen LogP contribution in [-0.4, -0.2) is 27.7 Å². The fraction of sp³-hybridized carbons (Fsp3) is 0.727. The highest BCUT2D eigenvalue weighted by molar-refractivity contribution is 7.84. The molecule has 5 heteroatoms. The van der Waals surface area contributed by atoms with E-state index >= 15 is 0 Å². The summed E-state index contributed by atoms with van der Waals surface area (Å²) >= 11 is 1.79. The average molecular weight is 258 g/mol. The minimum Gasteiger partial charge on any atom is -0.311 e. The monoisotopic (exact) mass is 258 g/mol. The molecule has 0 amide bonds. The van der Waals surface area contributed by atoms with Crippen LogP contribution in [0.25, 0.3) is 0 Å². The van der Waals surface area contributed by atoms with Gasteiger partial charge in [0.1, 0.15) is 0 Å². The van der Waals surface area contributed by atoms with Crippen LogP contribution >= 0.6 is 11.3 Å². The summed E-state index contributed by atoms with van der Waals surface area (Å²) in [5.41, 5.74) is 1.16. The molecule has 1 atom stereocenters. The average Bonchev–Trinajstić information content (AvgIpc) is 2.99. The highest BCUT2D eigenvalue weighted by atomic mass is 32.2. The Morgan fingerprint density at radius 2 is 2.44 bits per heavy atom. The quantitative estimate of drug-likeness (QED) is 0.759. The molecule has 1 N–H and O–H groups in total. The van der Waals surface area contributed by atoms with Gasteiger partial charge in [0, 0.05) is 40.7 Å². The summed E-state index contributed by atoms with van der Waals surface area (Å²) in [4.78, 5) is 4.60. The van der Waals surface area contributed by atoms with E-state index in [0.29, 0.717) is 0 Å². The molecule has 16 heavy (non-hydrogen) atoms. The fourth-order valence-electron chi connectivity index (χ4n) is 1.54. The van der Waals surface area contributed by atoms with Crippen molar-refractivity contribution in [1.29, 1.82) is 0 Å². The number of rotatable bonds is 7. The Kier molecular flexibility index (Phi) is 4.49. The third-order valence-electron chi connectivity index (χ3n) is 2.59. The first-order valence-corrected chi connectivity index (χ1v) is 8.31. The van der Waals surface area contributed by atoms with E-state index in [-0.39, 0.29) is 0 Å². The van der Waals surface area contributed by atoms with Crippen molar-refractivity contribution < 1.29 is 4.21 Å². The Hall–Kier alpha value is -0.260. The molecule has 0 aromatic carbocycles. The SMILES string of the molecule is CS(=O)CCCNCc1csc(C2CC2)n1. The van der Waals surface area contributed by atoms with Crippen LogP contribution < -0.4 is 5.32 Å². The van der Waals surface area contributed by atoms with Crippen molar-refractivity contribution in [1.82, 2.24) is 10.3 Å². The largest absolute Gasteiger partial charge is 0.311 e. The number of thiazole rings is 1. The van der Waals surface area contributed by atoms with Crippen LogP contribution in [0.15, 0.2) is 5.38 Å². The van der Waals surface area contributed by atoms with Gasteiger partial charge in [0.2, 0.25) is 0 Å². The van der Waals surface area contributed by atoms with E-state index in [9.17, 15) is 4.21 Å². The Morgan fingerprint density at radius 1 is 1.62 bits per heavy atom. The van der Waals surface area contributed by atoms with Gasteiger partial charge in [0.15, 0.2) is 0 Å². The second-order valence-corrected chi connectivity index (χ2v) is 6.70. The van der Waals surface area contributed by atoms with E-state index in [2.05, 4.69) is 15.7 Å². The van der Waals surface area contributed by atoms with E-state index in [0.717, 1.165) is 36.9 Å². The van der Waals surface area contributed by atoms with Gasteiger partial charge in [-0.15, -0.1) is 11.3 Å². The summed E-state index contributed by atoms with van der Waals surface area (Å²) in [5, 5.41) is 6.80. The van der Waals surface area contributed by atoms with Gasteiger partial charge in [-0.2, -0.15) is 0 Å². The van der Waals surface area contributed by atoms with Crippen molar-refractivity contribution in [2.75, 3.05) is 18.6 Å². The number of hydrogen-bond acceptors (Lipinski definition) is 4. The smallest absolute Gasteiger partial charge is 0.0959 e. The zero-order valence-corrected chi connectivity index (χ0v) is 11.2. The molecular weight excluding hydrogens is 240 g/mol.